The van der Waals surface area contributed by atoms with Crippen LogP contribution in [0.1, 0.15) is 5.69 Å². The van der Waals surface area contributed by atoms with E-state index in [0.717, 1.165) is 11.4 Å². The van der Waals surface area contributed by atoms with Gasteiger partial charge in [-0.25, -0.2) is 0 Å². The average molecular weight is 163 g/mol. The molecule has 0 radical (unpaired) electrons. The van der Waals surface area contributed by atoms with E-state index in [4.69, 9.17) is 9.47 Å². The molecule has 0 atom stereocenters. The fraction of sp³-hybridized carbons (Fsp3) is 0.222. The number of ether oxygens (including phenoxy) is 2. The Morgan fingerprint density at radius 1 is 1.33 bits per heavy atom. The van der Waals surface area contributed by atoms with E-state index in [2.05, 4.69) is 11.6 Å². The fourth-order valence-corrected chi connectivity index (χ4v) is 1.08. The van der Waals surface area contributed by atoms with Crippen molar-refractivity contribution in [1.82, 2.24) is 4.98 Å². The quantitative estimate of drug-likeness (QED) is 0.628. The maximum absolute atomic E-state index is 5.35. The first-order chi connectivity index (χ1) is 5.90. The summed E-state index contributed by atoms with van der Waals surface area (Å²) >= 11 is 0. The summed E-state index contributed by atoms with van der Waals surface area (Å²) < 4.78 is 10.7. The molecule has 0 spiro atoms. The number of fused-ring (bicyclic) bond motifs is 1. The lowest BCUT2D eigenvalue weighted by Crippen LogP contribution is -2.15. The number of rotatable bonds is 1. The van der Waals surface area contributed by atoms with E-state index in [1.165, 1.54) is 0 Å². The highest BCUT2D eigenvalue weighted by molar-refractivity contribution is 5.49. The molecule has 1 aliphatic heterocycles. The molecule has 1 aromatic heterocycles. The summed E-state index contributed by atoms with van der Waals surface area (Å²) in [6.45, 7) is 4.83. The molecule has 3 heteroatoms. The number of nitrogens with zero attached hydrogens (tertiary/aromatic N) is 1. The van der Waals surface area contributed by atoms with E-state index in [-0.39, 0.29) is 0 Å². The van der Waals surface area contributed by atoms with Crippen LogP contribution in [0, 0.1) is 0 Å². The van der Waals surface area contributed by atoms with E-state index in [1.807, 2.05) is 6.07 Å². The third-order valence-corrected chi connectivity index (χ3v) is 1.66. The summed E-state index contributed by atoms with van der Waals surface area (Å²) in [5.41, 5.74) is 0.805. The maximum Gasteiger partial charge on any atom is 0.179 e. The predicted molar refractivity (Wildman–Crippen MR) is 45.3 cm³/mol. The van der Waals surface area contributed by atoms with Gasteiger partial charge in [-0.15, -0.1) is 0 Å². The summed E-state index contributed by atoms with van der Waals surface area (Å²) in [7, 11) is 0. The Balaban J connectivity index is 2.42. The zero-order valence-electron chi connectivity index (χ0n) is 6.62. The van der Waals surface area contributed by atoms with Crippen LogP contribution in [0.15, 0.2) is 18.8 Å². The van der Waals surface area contributed by atoms with E-state index >= 15 is 0 Å². The van der Waals surface area contributed by atoms with Crippen LogP contribution in [0.5, 0.6) is 11.5 Å². The second kappa shape index (κ2) is 2.85. The summed E-state index contributed by atoms with van der Waals surface area (Å²) in [5, 5.41) is 0. The summed E-state index contributed by atoms with van der Waals surface area (Å²) in [4.78, 5) is 4.09. The number of aromatic nitrogens is 1. The number of pyridine rings is 1. The van der Waals surface area contributed by atoms with E-state index in [9.17, 15) is 0 Å². The zero-order chi connectivity index (χ0) is 8.39. The summed E-state index contributed by atoms with van der Waals surface area (Å²) in [6.07, 6.45) is 3.34. The normalized spacial score (nSPS) is 14.0. The molecule has 1 aromatic rings. The largest absolute Gasteiger partial charge is 0.486 e. The molecule has 1 aliphatic rings. The molecule has 3 nitrogen and oxygen atoms in total. The summed E-state index contributed by atoms with van der Waals surface area (Å²) in [6, 6.07) is 1.82. The second-order valence-electron chi connectivity index (χ2n) is 2.46. The van der Waals surface area contributed by atoms with Gasteiger partial charge in [0.15, 0.2) is 11.5 Å². The molecule has 0 bridgehead atoms. The lowest BCUT2D eigenvalue weighted by molar-refractivity contribution is 0.170. The molecular formula is C9H9NO2. The van der Waals surface area contributed by atoms with Crippen molar-refractivity contribution in [2.24, 2.45) is 0 Å². The third-order valence-electron chi connectivity index (χ3n) is 1.66. The van der Waals surface area contributed by atoms with Gasteiger partial charge < -0.3 is 9.47 Å². The van der Waals surface area contributed by atoms with E-state index < -0.39 is 0 Å². The Hall–Kier alpha value is -1.51. The highest BCUT2D eigenvalue weighted by Gasteiger charge is 2.11. The molecule has 2 heterocycles. The highest BCUT2D eigenvalue weighted by atomic mass is 16.6. The molecule has 0 unspecified atom stereocenters. The fourth-order valence-electron chi connectivity index (χ4n) is 1.08. The molecular weight excluding hydrogens is 154 g/mol. The minimum absolute atomic E-state index is 0.599. The SMILES string of the molecule is C=Cc1cc2c(cn1)OCCO2. The van der Waals surface area contributed by atoms with Gasteiger partial charge in [0.25, 0.3) is 0 Å². The minimum Gasteiger partial charge on any atom is -0.486 e. The Labute approximate surface area is 70.6 Å². The van der Waals surface area contributed by atoms with E-state index in [0.29, 0.717) is 19.0 Å². The third kappa shape index (κ3) is 1.13. The van der Waals surface area contributed by atoms with Gasteiger partial charge in [0.05, 0.1) is 11.9 Å². The standard InChI is InChI=1S/C9H9NO2/c1-2-7-5-8-9(6-10-7)12-4-3-11-8/h2,5-6H,1,3-4H2. The topological polar surface area (TPSA) is 31.4 Å². The first-order valence-electron chi connectivity index (χ1n) is 3.78. The molecule has 0 aliphatic carbocycles. The molecule has 12 heavy (non-hydrogen) atoms. The molecule has 0 fully saturated rings. The molecule has 2 rings (SSSR count). The molecule has 62 valence electrons. The van der Waals surface area contributed by atoms with Gasteiger partial charge in [-0.2, -0.15) is 0 Å². The van der Waals surface area contributed by atoms with Crippen LogP contribution in [-0.2, 0) is 0 Å². The van der Waals surface area contributed by atoms with Crippen molar-refractivity contribution < 1.29 is 9.47 Å². The Kier molecular flexibility index (Phi) is 1.70. The van der Waals surface area contributed by atoms with Gasteiger partial charge in [-0.3, -0.25) is 4.98 Å². The van der Waals surface area contributed by atoms with Gasteiger partial charge in [-0.05, 0) is 6.08 Å². The van der Waals surface area contributed by atoms with Crippen LogP contribution in [0.4, 0.5) is 0 Å². The van der Waals surface area contributed by atoms with Crippen LogP contribution in [-0.4, -0.2) is 18.2 Å². The highest BCUT2D eigenvalue weighted by Crippen LogP contribution is 2.29. The van der Waals surface area contributed by atoms with Gasteiger partial charge in [0.1, 0.15) is 13.2 Å². The maximum atomic E-state index is 5.35. The number of hydrogen-bond acceptors (Lipinski definition) is 3. The molecule has 0 N–H and O–H groups in total. The minimum atomic E-state index is 0.599. The predicted octanol–water partition coefficient (Wildman–Crippen LogP) is 1.50. The van der Waals surface area contributed by atoms with Crippen molar-refractivity contribution in [3.05, 3.63) is 24.5 Å². The van der Waals surface area contributed by atoms with Crippen molar-refractivity contribution in [2.45, 2.75) is 0 Å². The van der Waals surface area contributed by atoms with Crippen LogP contribution < -0.4 is 9.47 Å². The van der Waals surface area contributed by atoms with Crippen LogP contribution in [0.25, 0.3) is 6.08 Å². The lowest BCUT2D eigenvalue weighted by Gasteiger charge is -2.17. The molecule has 0 aromatic carbocycles. The van der Waals surface area contributed by atoms with Gasteiger partial charge in [0, 0.05) is 6.07 Å². The first-order valence-corrected chi connectivity index (χ1v) is 3.78. The van der Waals surface area contributed by atoms with Crippen molar-refractivity contribution in [1.29, 1.82) is 0 Å². The monoisotopic (exact) mass is 163 g/mol. The Morgan fingerprint density at radius 3 is 2.83 bits per heavy atom. The first kappa shape index (κ1) is 7.16. The summed E-state index contributed by atoms with van der Waals surface area (Å²) in [5.74, 6) is 1.47. The second-order valence-corrected chi connectivity index (χ2v) is 2.46. The Bertz CT molecular complexity index is 309. The molecule has 0 saturated heterocycles. The zero-order valence-corrected chi connectivity index (χ0v) is 6.62. The van der Waals surface area contributed by atoms with Crippen molar-refractivity contribution in [2.75, 3.05) is 13.2 Å². The number of hydrogen-bond donors (Lipinski definition) is 0. The van der Waals surface area contributed by atoms with Crippen molar-refractivity contribution in [3.63, 3.8) is 0 Å². The van der Waals surface area contributed by atoms with Gasteiger partial charge in [-0.1, -0.05) is 6.58 Å². The van der Waals surface area contributed by atoms with Gasteiger partial charge >= 0.3 is 0 Å². The smallest absolute Gasteiger partial charge is 0.179 e. The van der Waals surface area contributed by atoms with E-state index in [1.54, 1.807) is 12.3 Å². The van der Waals surface area contributed by atoms with Crippen LogP contribution in [0.2, 0.25) is 0 Å². The lowest BCUT2D eigenvalue weighted by atomic mass is 10.3. The average Bonchev–Trinajstić information content (AvgIpc) is 2.17. The van der Waals surface area contributed by atoms with Crippen molar-refractivity contribution in [3.8, 4) is 11.5 Å². The van der Waals surface area contributed by atoms with Gasteiger partial charge in [0.2, 0.25) is 0 Å². The van der Waals surface area contributed by atoms with Crippen LogP contribution >= 0.6 is 0 Å². The van der Waals surface area contributed by atoms with Crippen LogP contribution in [0.3, 0.4) is 0 Å². The molecule has 0 saturated carbocycles. The Morgan fingerprint density at radius 2 is 2.08 bits per heavy atom. The van der Waals surface area contributed by atoms with Crippen molar-refractivity contribution >= 4 is 6.08 Å². The molecule has 0 amide bonds.